The molecule has 0 atom stereocenters. The van der Waals surface area contributed by atoms with Gasteiger partial charge < -0.3 is 10.0 Å². The summed E-state index contributed by atoms with van der Waals surface area (Å²) in [6.07, 6.45) is 0.719. The first-order valence-electron chi connectivity index (χ1n) is 6.77. The number of hydrogen-bond donors (Lipinski definition) is 2. The van der Waals surface area contributed by atoms with Gasteiger partial charge in [-0.05, 0) is 25.1 Å². The highest BCUT2D eigenvalue weighted by Gasteiger charge is 2.33. The fraction of sp³-hybridized carbons (Fsp3) is 0.0714. The van der Waals surface area contributed by atoms with Crippen LogP contribution in [0.25, 0.3) is 11.0 Å². The molecule has 2 aromatic heterocycles. The van der Waals surface area contributed by atoms with Crippen molar-refractivity contribution >= 4 is 33.6 Å². The van der Waals surface area contributed by atoms with Crippen molar-refractivity contribution in [2.45, 2.75) is 11.8 Å². The van der Waals surface area contributed by atoms with E-state index >= 15 is 0 Å². The lowest BCUT2D eigenvalue weighted by Crippen LogP contribution is -2.33. The number of pyridine rings is 1. The number of aryl methyl sites for hydroxylation is 1. The van der Waals surface area contributed by atoms with Crippen molar-refractivity contribution in [3.05, 3.63) is 53.9 Å². The summed E-state index contributed by atoms with van der Waals surface area (Å²) < 4.78 is 53.7. The Kier molecular flexibility index (Phi) is 3.90. The van der Waals surface area contributed by atoms with Crippen LogP contribution in [0.4, 0.5) is 8.78 Å². The first kappa shape index (κ1) is 16.6. The SMILES string of the molecule is Cc1ccc(S(=O)(=O)n2c(F)c(B(O)O)c3cc(F)cnc32)cc1. The smallest absolute Gasteiger partial charge is 0.423 e. The number of hydrogen-bond acceptors (Lipinski definition) is 5. The highest BCUT2D eigenvalue weighted by atomic mass is 32.2. The van der Waals surface area contributed by atoms with Crippen molar-refractivity contribution in [3.8, 4) is 0 Å². The van der Waals surface area contributed by atoms with Gasteiger partial charge in [0.15, 0.2) is 5.65 Å². The van der Waals surface area contributed by atoms with Gasteiger partial charge in [0.05, 0.1) is 11.1 Å². The lowest BCUT2D eigenvalue weighted by Gasteiger charge is -2.08. The summed E-state index contributed by atoms with van der Waals surface area (Å²) in [7, 11) is -6.73. The summed E-state index contributed by atoms with van der Waals surface area (Å²) >= 11 is 0. The summed E-state index contributed by atoms with van der Waals surface area (Å²) in [5.41, 5.74) is -0.385. The minimum absolute atomic E-state index is 0.214. The number of nitrogens with zero attached hydrogens (tertiary/aromatic N) is 2. The molecule has 0 aliphatic heterocycles. The highest BCUT2D eigenvalue weighted by Crippen LogP contribution is 2.23. The van der Waals surface area contributed by atoms with Crippen LogP contribution in [0.1, 0.15) is 5.56 Å². The van der Waals surface area contributed by atoms with E-state index in [0.29, 0.717) is 0 Å². The molecule has 0 spiro atoms. The van der Waals surface area contributed by atoms with Crippen molar-refractivity contribution in [3.63, 3.8) is 0 Å². The Balaban J connectivity index is 2.38. The third-order valence-electron chi connectivity index (χ3n) is 3.53. The van der Waals surface area contributed by atoms with Crippen molar-refractivity contribution in [1.29, 1.82) is 0 Å². The van der Waals surface area contributed by atoms with Gasteiger partial charge in [-0.2, -0.15) is 8.36 Å². The van der Waals surface area contributed by atoms with E-state index in [1.807, 2.05) is 0 Å². The molecule has 3 rings (SSSR count). The van der Waals surface area contributed by atoms with E-state index in [4.69, 9.17) is 0 Å². The number of rotatable bonds is 3. The topological polar surface area (TPSA) is 92.4 Å². The molecule has 0 unspecified atom stereocenters. The summed E-state index contributed by atoms with van der Waals surface area (Å²) in [6, 6.07) is 6.43. The van der Waals surface area contributed by atoms with Gasteiger partial charge in [0.25, 0.3) is 10.0 Å². The molecule has 0 aliphatic carbocycles. The molecule has 2 heterocycles. The van der Waals surface area contributed by atoms with Crippen LogP contribution in [-0.4, -0.2) is 34.5 Å². The molecule has 24 heavy (non-hydrogen) atoms. The average molecular weight is 352 g/mol. The lowest BCUT2D eigenvalue weighted by atomic mass is 9.80. The van der Waals surface area contributed by atoms with E-state index in [-0.39, 0.29) is 14.3 Å². The predicted molar refractivity (Wildman–Crippen MR) is 83.2 cm³/mol. The molecule has 0 amide bonds. The lowest BCUT2D eigenvalue weighted by molar-refractivity contribution is 0.422. The summed E-state index contributed by atoms with van der Waals surface area (Å²) in [5, 5.41) is 18.3. The molecule has 6 nitrogen and oxygen atoms in total. The van der Waals surface area contributed by atoms with Crippen LogP contribution < -0.4 is 5.46 Å². The van der Waals surface area contributed by atoms with Gasteiger partial charge in [-0.1, -0.05) is 17.7 Å². The molecule has 3 aromatic rings. The van der Waals surface area contributed by atoms with Gasteiger partial charge in [0, 0.05) is 10.8 Å². The third-order valence-corrected chi connectivity index (χ3v) is 5.22. The average Bonchev–Trinajstić information content (AvgIpc) is 2.79. The molecule has 0 radical (unpaired) electrons. The largest absolute Gasteiger partial charge is 0.493 e. The normalized spacial score (nSPS) is 11.9. The monoisotopic (exact) mass is 352 g/mol. The van der Waals surface area contributed by atoms with Gasteiger partial charge in [0.2, 0.25) is 5.95 Å². The second-order valence-corrected chi connectivity index (χ2v) is 6.97. The van der Waals surface area contributed by atoms with Gasteiger partial charge in [0.1, 0.15) is 5.82 Å². The maximum absolute atomic E-state index is 14.6. The quantitative estimate of drug-likeness (QED) is 0.672. The van der Waals surface area contributed by atoms with Crippen molar-refractivity contribution in [1.82, 2.24) is 8.96 Å². The number of fused-ring (bicyclic) bond motifs is 1. The first-order valence-corrected chi connectivity index (χ1v) is 8.21. The molecular formula is C14H11BF2N2O4S. The van der Waals surface area contributed by atoms with E-state index < -0.39 is 40.0 Å². The van der Waals surface area contributed by atoms with Crippen LogP contribution in [0.2, 0.25) is 0 Å². The Morgan fingerprint density at radius 3 is 2.38 bits per heavy atom. The standard InChI is InChI=1S/C14H11BF2N2O4S/c1-8-2-4-10(5-3-8)24(22,23)19-13(17)12(15(20)21)11-6-9(16)7-18-14(11)19/h2-7,20-21H,1H3. The van der Waals surface area contributed by atoms with Gasteiger partial charge in [-0.15, -0.1) is 0 Å². The Hall–Kier alpha value is -2.30. The molecule has 1 aromatic carbocycles. The zero-order valence-electron chi connectivity index (χ0n) is 12.3. The van der Waals surface area contributed by atoms with E-state index in [0.717, 1.165) is 17.8 Å². The second kappa shape index (κ2) is 5.65. The van der Waals surface area contributed by atoms with Crippen molar-refractivity contribution < 1.29 is 27.2 Å². The molecule has 0 fully saturated rings. The van der Waals surface area contributed by atoms with Crippen molar-refractivity contribution in [2.75, 3.05) is 0 Å². The third kappa shape index (κ3) is 2.48. The van der Waals surface area contributed by atoms with Crippen LogP contribution in [0, 0.1) is 18.7 Å². The molecule has 0 saturated carbocycles. The second-order valence-electron chi connectivity index (χ2n) is 5.19. The van der Waals surface area contributed by atoms with Gasteiger partial charge in [-0.25, -0.2) is 17.8 Å². The van der Waals surface area contributed by atoms with Crippen LogP contribution in [0.5, 0.6) is 0 Å². The Morgan fingerprint density at radius 1 is 1.17 bits per heavy atom. The van der Waals surface area contributed by atoms with Crippen LogP contribution in [0.15, 0.2) is 41.4 Å². The summed E-state index contributed by atoms with van der Waals surface area (Å²) in [6.45, 7) is 1.76. The molecule has 10 heteroatoms. The fourth-order valence-corrected chi connectivity index (χ4v) is 3.76. The van der Waals surface area contributed by atoms with E-state index in [1.54, 1.807) is 6.92 Å². The van der Waals surface area contributed by atoms with Crippen LogP contribution in [-0.2, 0) is 10.0 Å². The first-order chi connectivity index (χ1) is 11.2. The summed E-state index contributed by atoms with van der Waals surface area (Å²) in [4.78, 5) is 3.39. The highest BCUT2D eigenvalue weighted by molar-refractivity contribution is 7.90. The fourth-order valence-electron chi connectivity index (χ4n) is 2.39. The van der Waals surface area contributed by atoms with E-state index in [1.165, 1.54) is 24.3 Å². The Labute approximate surface area is 136 Å². The number of aromatic nitrogens is 2. The van der Waals surface area contributed by atoms with Crippen molar-refractivity contribution in [2.24, 2.45) is 0 Å². The zero-order chi connectivity index (χ0) is 17.6. The molecule has 124 valence electrons. The van der Waals surface area contributed by atoms with Gasteiger partial charge >= 0.3 is 7.12 Å². The predicted octanol–water partition coefficient (Wildman–Crippen LogP) is 0.540. The summed E-state index contributed by atoms with van der Waals surface area (Å²) in [5.74, 6) is -2.30. The molecule has 2 N–H and O–H groups in total. The van der Waals surface area contributed by atoms with Crippen LogP contribution >= 0.6 is 0 Å². The molecular weight excluding hydrogens is 341 g/mol. The molecule has 0 saturated heterocycles. The molecule has 0 aliphatic rings. The minimum atomic E-state index is -4.40. The maximum Gasteiger partial charge on any atom is 0.493 e. The van der Waals surface area contributed by atoms with Gasteiger partial charge in [-0.3, -0.25) is 0 Å². The Bertz CT molecular complexity index is 1030. The maximum atomic E-state index is 14.6. The van der Waals surface area contributed by atoms with Crippen LogP contribution in [0.3, 0.4) is 0 Å². The zero-order valence-corrected chi connectivity index (χ0v) is 13.1. The minimum Gasteiger partial charge on any atom is -0.423 e. The number of halogens is 2. The molecule has 0 bridgehead atoms. The Morgan fingerprint density at radius 2 is 1.79 bits per heavy atom. The van der Waals surface area contributed by atoms with E-state index in [2.05, 4.69) is 4.98 Å². The van der Waals surface area contributed by atoms with E-state index in [9.17, 15) is 27.2 Å². The number of benzene rings is 1.